The van der Waals surface area contributed by atoms with Crippen molar-refractivity contribution >= 4 is 5.96 Å². The van der Waals surface area contributed by atoms with Crippen LogP contribution in [0, 0.1) is 12.8 Å². The molecular formula is C22H36N4O. The Morgan fingerprint density at radius 2 is 2.00 bits per heavy atom. The summed E-state index contributed by atoms with van der Waals surface area (Å²) in [5, 5.41) is 3.52. The number of benzene rings is 1. The summed E-state index contributed by atoms with van der Waals surface area (Å²) >= 11 is 0. The molecule has 0 saturated carbocycles. The minimum absolute atomic E-state index is 0.729. The van der Waals surface area contributed by atoms with Crippen molar-refractivity contribution < 1.29 is 4.74 Å². The first-order valence-electron chi connectivity index (χ1n) is 10.6. The Bertz CT molecular complexity index is 598. The largest absolute Gasteiger partial charge is 0.493 e. The van der Waals surface area contributed by atoms with Gasteiger partial charge in [-0.15, -0.1) is 0 Å². The molecule has 1 N–H and O–H groups in total. The van der Waals surface area contributed by atoms with Crippen molar-refractivity contribution in [3.8, 4) is 5.75 Å². The molecule has 1 atom stereocenters. The average Bonchev–Trinajstić information content (AvgIpc) is 3.15. The third kappa shape index (κ3) is 6.13. The highest BCUT2D eigenvalue weighted by molar-refractivity contribution is 5.80. The molecule has 2 aliphatic heterocycles. The minimum Gasteiger partial charge on any atom is -0.493 e. The van der Waals surface area contributed by atoms with Crippen LogP contribution in [0.3, 0.4) is 0 Å². The van der Waals surface area contributed by atoms with E-state index in [1.807, 2.05) is 25.2 Å². The van der Waals surface area contributed by atoms with E-state index in [9.17, 15) is 0 Å². The number of rotatable bonds is 7. The second-order valence-electron chi connectivity index (χ2n) is 7.90. The van der Waals surface area contributed by atoms with Crippen LogP contribution in [0.15, 0.2) is 29.3 Å². The molecule has 0 aliphatic carbocycles. The Balaban J connectivity index is 1.33. The van der Waals surface area contributed by atoms with Crippen molar-refractivity contribution in [1.82, 2.24) is 15.1 Å². The predicted molar refractivity (Wildman–Crippen MR) is 113 cm³/mol. The molecule has 0 bridgehead atoms. The van der Waals surface area contributed by atoms with E-state index in [1.54, 1.807) is 0 Å². The molecule has 2 heterocycles. The summed E-state index contributed by atoms with van der Waals surface area (Å²) in [5.41, 5.74) is 1.19. The Hall–Kier alpha value is -1.75. The predicted octanol–water partition coefficient (Wildman–Crippen LogP) is 3.15. The van der Waals surface area contributed by atoms with Crippen molar-refractivity contribution in [1.29, 1.82) is 0 Å². The standard InChI is InChI=1S/C22H36N4O/c1-19-9-4-5-10-21(19)27-16-8-12-24-22(23-2)26-15-11-20(18-26)17-25-13-6-3-7-14-25/h4-5,9-10,20H,3,6-8,11-18H2,1-2H3,(H,23,24). The van der Waals surface area contributed by atoms with Crippen LogP contribution >= 0.6 is 0 Å². The van der Waals surface area contributed by atoms with E-state index in [2.05, 4.69) is 33.1 Å². The van der Waals surface area contributed by atoms with Gasteiger partial charge in [0.2, 0.25) is 0 Å². The van der Waals surface area contributed by atoms with Gasteiger partial charge in [0.15, 0.2) is 5.96 Å². The van der Waals surface area contributed by atoms with E-state index in [1.165, 1.54) is 50.9 Å². The lowest BCUT2D eigenvalue weighted by molar-refractivity contribution is 0.198. The van der Waals surface area contributed by atoms with Crippen LogP contribution in [0.2, 0.25) is 0 Å². The van der Waals surface area contributed by atoms with Gasteiger partial charge < -0.3 is 19.9 Å². The minimum atomic E-state index is 0.729. The van der Waals surface area contributed by atoms with Crippen molar-refractivity contribution in [2.45, 2.75) is 39.0 Å². The van der Waals surface area contributed by atoms with Crippen molar-refractivity contribution in [2.24, 2.45) is 10.9 Å². The van der Waals surface area contributed by atoms with Crippen LogP contribution in [-0.2, 0) is 0 Å². The number of hydrogen-bond donors (Lipinski definition) is 1. The highest BCUT2D eigenvalue weighted by atomic mass is 16.5. The van der Waals surface area contributed by atoms with Gasteiger partial charge in [-0.1, -0.05) is 24.6 Å². The van der Waals surface area contributed by atoms with Gasteiger partial charge >= 0.3 is 0 Å². The number of guanidine groups is 1. The van der Waals surface area contributed by atoms with Gasteiger partial charge in [-0.3, -0.25) is 4.99 Å². The molecule has 5 heteroatoms. The van der Waals surface area contributed by atoms with Gasteiger partial charge in [0.25, 0.3) is 0 Å². The highest BCUT2D eigenvalue weighted by Gasteiger charge is 2.26. The van der Waals surface area contributed by atoms with Crippen LogP contribution in [0.25, 0.3) is 0 Å². The molecule has 1 aromatic carbocycles. The number of likely N-dealkylation sites (tertiary alicyclic amines) is 2. The zero-order valence-electron chi connectivity index (χ0n) is 17.1. The summed E-state index contributed by atoms with van der Waals surface area (Å²) in [6.45, 7) is 9.82. The summed E-state index contributed by atoms with van der Waals surface area (Å²) in [5.74, 6) is 2.82. The quantitative estimate of drug-likeness (QED) is 0.453. The van der Waals surface area contributed by atoms with Crippen LogP contribution in [-0.4, -0.2) is 68.7 Å². The second-order valence-corrected chi connectivity index (χ2v) is 7.90. The molecule has 0 amide bonds. The van der Waals surface area contributed by atoms with Crippen molar-refractivity contribution in [2.75, 3.05) is 52.9 Å². The number of aliphatic imine (C=N–C) groups is 1. The first kappa shape index (κ1) is 20.0. The number of aryl methyl sites for hydroxylation is 1. The van der Waals surface area contributed by atoms with Gasteiger partial charge in [-0.25, -0.2) is 0 Å². The topological polar surface area (TPSA) is 40.1 Å². The van der Waals surface area contributed by atoms with E-state index in [0.29, 0.717) is 0 Å². The number of piperidine rings is 1. The Labute approximate surface area is 164 Å². The maximum Gasteiger partial charge on any atom is 0.193 e. The number of nitrogens with zero attached hydrogens (tertiary/aromatic N) is 3. The lowest BCUT2D eigenvalue weighted by Crippen LogP contribution is -2.41. The molecule has 27 heavy (non-hydrogen) atoms. The molecule has 1 aromatic rings. The van der Waals surface area contributed by atoms with Gasteiger partial charge in [0.1, 0.15) is 5.75 Å². The third-order valence-electron chi connectivity index (χ3n) is 5.72. The number of para-hydroxylation sites is 1. The van der Waals surface area contributed by atoms with E-state index in [-0.39, 0.29) is 0 Å². The molecule has 2 saturated heterocycles. The first-order chi connectivity index (χ1) is 13.3. The van der Waals surface area contributed by atoms with Gasteiger partial charge in [0.05, 0.1) is 6.61 Å². The number of ether oxygens (including phenoxy) is 1. The van der Waals surface area contributed by atoms with Crippen LogP contribution in [0.5, 0.6) is 5.75 Å². The van der Waals surface area contributed by atoms with Crippen LogP contribution < -0.4 is 10.1 Å². The molecule has 0 aromatic heterocycles. The van der Waals surface area contributed by atoms with Gasteiger partial charge in [0, 0.05) is 33.2 Å². The number of nitrogens with one attached hydrogen (secondary N) is 1. The molecule has 150 valence electrons. The van der Waals surface area contributed by atoms with E-state index in [4.69, 9.17) is 4.74 Å². The molecule has 1 unspecified atom stereocenters. The summed E-state index contributed by atoms with van der Waals surface area (Å²) in [7, 11) is 1.89. The zero-order valence-corrected chi connectivity index (χ0v) is 17.1. The maximum atomic E-state index is 5.88. The smallest absolute Gasteiger partial charge is 0.193 e. The molecule has 5 nitrogen and oxygen atoms in total. The summed E-state index contributed by atoms with van der Waals surface area (Å²) in [6.07, 6.45) is 6.43. The third-order valence-corrected chi connectivity index (χ3v) is 5.72. The lowest BCUT2D eigenvalue weighted by atomic mass is 10.1. The molecule has 0 radical (unpaired) electrons. The molecular weight excluding hydrogens is 336 g/mol. The van der Waals surface area contributed by atoms with Crippen molar-refractivity contribution in [3.63, 3.8) is 0 Å². The van der Waals surface area contributed by atoms with Crippen LogP contribution in [0.1, 0.15) is 37.7 Å². The summed E-state index contributed by atoms with van der Waals surface area (Å²) < 4.78 is 5.88. The fraction of sp³-hybridized carbons (Fsp3) is 0.682. The summed E-state index contributed by atoms with van der Waals surface area (Å²) in [6, 6.07) is 8.19. The number of hydrogen-bond acceptors (Lipinski definition) is 3. The zero-order chi connectivity index (χ0) is 18.9. The van der Waals surface area contributed by atoms with Gasteiger partial charge in [-0.2, -0.15) is 0 Å². The SMILES string of the molecule is CN=C(NCCCOc1ccccc1C)N1CCC(CN2CCCCC2)C1. The Kier molecular flexibility index (Phi) is 7.81. The van der Waals surface area contributed by atoms with E-state index < -0.39 is 0 Å². The highest BCUT2D eigenvalue weighted by Crippen LogP contribution is 2.20. The fourth-order valence-corrected chi connectivity index (χ4v) is 4.19. The average molecular weight is 373 g/mol. The normalized spacial score (nSPS) is 21.5. The van der Waals surface area contributed by atoms with Crippen LogP contribution in [0.4, 0.5) is 0 Å². The molecule has 2 fully saturated rings. The fourth-order valence-electron chi connectivity index (χ4n) is 4.19. The van der Waals surface area contributed by atoms with Gasteiger partial charge in [-0.05, 0) is 63.2 Å². The van der Waals surface area contributed by atoms with Crippen molar-refractivity contribution in [3.05, 3.63) is 29.8 Å². The first-order valence-corrected chi connectivity index (χ1v) is 10.6. The molecule has 0 spiro atoms. The summed E-state index contributed by atoms with van der Waals surface area (Å²) in [4.78, 5) is 9.59. The Morgan fingerprint density at radius 3 is 2.78 bits per heavy atom. The Morgan fingerprint density at radius 1 is 1.19 bits per heavy atom. The molecule has 2 aliphatic rings. The lowest BCUT2D eigenvalue weighted by Gasteiger charge is -2.29. The maximum absolute atomic E-state index is 5.88. The monoisotopic (exact) mass is 372 g/mol. The molecule has 3 rings (SSSR count). The second kappa shape index (κ2) is 10.5. The van der Waals surface area contributed by atoms with E-state index in [0.717, 1.165) is 50.3 Å². The van der Waals surface area contributed by atoms with E-state index >= 15 is 0 Å².